The number of ether oxygens (including phenoxy) is 2. The highest BCUT2D eigenvalue weighted by Gasteiger charge is 2.14. The first-order chi connectivity index (χ1) is 9.05. The molecule has 2 rings (SSSR count). The lowest BCUT2D eigenvalue weighted by molar-refractivity contribution is 0.0320. The van der Waals surface area contributed by atoms with Crippen molar-refractivity contribution >= 4 is 0 Å². The molecule has 0 amide bonds. The molecule has 0 saturated carbocycles. The van der Waals surface area contributed by atoms with Gasteiger partial charge in [-0.3, -0.25) is 4.90 Å². The number of pyridine rings is 1. The van der Waals surface area contributed by atoms with Crippen molar-refractivity contribution in [3.8, 4) is 5.88 Å². The fourth-order valence-corrected chi connectivity index (χ4v) is 2.01. The van der Waals surface area contributed by atoms with Gasteiger partial charge >= 0.3 is 0 Å². The maximum Gasteiger partial charge on any atom is 0.213 e. The zero-order chi connectivity index (χ0) is 13.7. The summed E-state index contributed by atoms with van der Waals surface area (Å²) in [6.45, 7) is 11.8. The Morgan fingerprint density at radius 2 is 2.00 bits per heavy atom. The van der Waals surface area contributed by atoms with Crippen molar-refractivity contribution < 1.29 is 9.47 Å². The molecule has 106 valence electrons. The lowest BCUT2D eigenvalue weighted by Crippen LogP contribution is -2.38. The van der Waals surface area contributed by atoms with E-state index in [-0.39, 0.29) is 5.41 Å². The second-order valence-corrected chi connectivity index (χ2v) is 5.94. The maximum absolute atomic E-state index is 5.68. The van der Waals surface area contributed by atoms with Gasteiger partial charge in [-0.2, -0.15) is 0 Å². The molecule has 4 heteroatoms. The highest BCUT2D eigenvalue weighted by Crippen LogP contribution is 2.22. The average molecular weight is 264 g/mol. The molecule has 0 bridgehead atoms. The Kier molecular flexibility index (Phi) is 4.77. The predicted molar refractivity (Wildman–Crippen MR) is 75.7 cm³/mol. The SMILES string of the molecule is CC(C)(C)c1ccc(OCCN2CCOCC2)nc1. The van der Waals surface area contributed by atoms with Gasteiger partial charge in [0.1, 0.15) is 6.61 Å². The zero-order valence-electron chi connectivity index (χ0n) is 12.2. The van der Waals surface area contributed by atoms with Gasteiger partial charge in [-0.15, -0.1) is 0 Å². The highest BCUT2D eigenvalue weighted by molar-refractivity contribution is 5.23. The molecule has 1 aromatic heterocycles. The summed E-state index contributed by atoms with van der Waals surface area (Å²) in [5.74, 6) is 0.709. The Labute approximate surface area is 115 Å². The van der Waals surface area contributed by atoms with Crippen molar-refractivity contribution in [2.24, 2.45) is 0 Å². The Morgan fingerprint density at radius 1 is 1.26 bits per heavy atom. The van der Waals surface area contributed by atoms with Crippen molar-refractivity contribution in [1.29, 1.82) is 0 Å². The number of rotatable bonds is 4. The normalized spacial score (nSPS) is 17.4. The lowest BCUT2D eigenvalue weighted by Gasteiger charge is -2.26. The van der Waals surface area contributed by atoms with Crippen LogP contribution in [0.1, 0.15) is 26.3 Å². The van der Waals surface area contributed by atoms with Crippen molar-refractivity contribution in [1.82, 2.24) is 9.88 Å². The summed E-state index contributed by atoms with van der Waals surface area (Å²) < 4.78 is 11.0. The van der Waals surface area contributed by atoms with Crippen LogP contribution in [-0.4, -0.2) is 49.3 Å². The molecule has 4 nitrogen and oxygen atoms in total. The maximum atomic E-state index is 5.68. The van der Waals surface area contributed by atoms with E-state index in [1.165, 1.54) is 5.56 Å². The van der Waals surface area contributed by atoms with Crippen LogP contribution in [0.15, 0.2) is 18.3 Å². The van der Waals surface area contributed by atoms with Gasteiger partial charge in [0.05, 0.1) is 13.2 Å². The van der Waals surface area contributed by atoms with Crippen molar-refractivity contribution in [3.63, 3.8) is 0 Å². The Morgan fingerprint density at radius 3 is 2.58 bits per heavy atom. The van der Waals surface area contributed by atoms with E-state index < -0.39 is 0 Å². The van der Waals surface area contributed by atoms with E-state index in [2.05, 4.69) is 36.7 Å². The van der Waals surface area contributed by atoms with Gasteiger partial charge in [0.15, 0.2) is 0 Å². The number of morpholine rings is 1. The van der Waals surface area contributed by atoms with E-state index in [0.717, 1.165) is 32.8 Å². The van der Waals surface area contributed by atoms with E-state index in [0.29, 0.717) is 12.5 Å². The van der Waals surface area contributed by atoms with Crippen LogP contribution in [0.5, 0.6) is 5.88 Å². The molecule has 1 fully saturated rings. The molecule has 1 saturated heterocycles. The van der Waals surface area contributed by atoms with E-state index in [1.54, 1.807) is 0 Å². The molecule has 0 N–H and O–H groups in total. The minimum absolute atomic E-state index is 0.138. The summed E-state index contributed by atoms with van der Waals surface area (Å²) >= 11 is 0. The Balaban J connectivity index is 1.76. The summed E-state index contributed by atoms with van der Waals surface area (Å²) in [4.78, 5) is 6.72. The first kappa shape index (κ1) is 14.3. The summed E-state index contributed by atoms with van der Waals surface area (Å²) in [6.07, 6.45) is 1.91. The van der Waals surface area contributed by atoms with Crippen molar-refractivity contribution in [2.45, 2.75) is 26.2 Å². The Hall–Kier alpha value is -1.13. The molecule has 0 spiro atoms. The summed E-state index contributed by atoms with van der Waals surface area (Å²) in [5.41, 5.74) is 1.37. The van der Waals surface area contributed by atoms with Crippen molar-refractivity contribution in [2.75, 3.05) is 39.5 Å². The first-order valence-electron chi connectivity index (χ1n) is 6.95. The molecule has 0 aromatic carbocycles. The van der Waals surface area contributed by atoms with Gasteiger partial charge in [0, 0.05) is 31.9 Å². The standard InChI is InChI=1S/C15H24N2O2/c1-15(2,3)13-4-5-14(16-12-13)19-11-8-17-6-9-18-10-7-17/h4-5,12H,6-11H2,1-3H3. The topological polar surface area (TPSA) is 34.6 Å². The molecule has 1 aliphatic heterocycles. The van der Waals surface area contributed by atoms with Gasteiger partial charge in [0.2, 0.25) is 5.88 Å². The predicted octanol–water partition coefficient (Wildman–Crippen LogP) is 2.09. The van der Waals surface area contributed by atoms with Crippen LogP contribution < -0.4 is 4.74 Å². The monoisotopic (exact) mass is 264 g/mol. The molecule has 19 heavy (non-hydrogen) atoms. The minimum Gasteiger partial charge on any atom is -0.476 e. The van der Waals surface area contributed by atoms with Crippen LogP contribution in [0.4, 0.5) is 0 Å². The highest BCUT2D eigenvalue weighted by atomic mass is 16.5. The summed E-state index contributed by atoms with van der Waals surface area (Å²) in [5, 5.41) is 0. The van der Waals surface area contributed by atoms with E-state index in [1.807, 2.05) is 12.3 Å². The molecule has 0 atom stereocenters. The molecule has 1 aromatic rings. The number of hydrogen-bond donors (Lipinski definition) is 0. The van der Waals surface area contributed by atoms with Crippen LogP contribution in [-0.2, 0) is 10.2 Å². The van der Waals surface area contributed by atoms with Crippen LogP contribution in [0, 0.1) is 0 Å². The third kappa shape index (κ3) is 4.48. The van der Waals surface area contributed by atoms with E-state index in [4.69, 9.17) is 9.47 Å². The molecule has 0 aliphatic carbocycles. The summed E-state index contributed by atoms with van der Waals surface area (Å²) in [6, 6.07) is 4.05. The zero-order valence-corrected chi connectivity index (χ0v) is 12.2. The average Bonchev–Trinajstić information content (AvgIpc) is 2.39. The third-order valence-electron chi connectivity index (χ3n) is 3.36. The lowest BCUT2D eigenvalue weighted by atomic mass is 9.88. The van der Waals surface area contributed by atoms with Crippen LogP contribution in [0.25, 0.3) is 0 Å². The minimum atomic E-state index is 0.138. The van der Waals surface area contributed by atoms with Crippen LogP contribution >= 0.6 is 0 Å². The number of nitrogens with zero attached hydrogens (tertiary/aromatic N) is 2. The molecular formula is C15H24N2O2. The van der Waals surface area contributed by atoms with E-state index in [9.17, 15) is 0 Å². The molecule has 1 aliphatic rings. The largest absolute Gasteiger partial charge is 0.476 e. The van der Waals surface area contributed by atoms with Gasteiger partial charge in [-0.1, -0.05) is 26.8 Å². The quantitative estimate of drug-likeness (QED) is 0.834. The fourth-order valence-electron chi connectivity index (χ4n) is 2.01. The second kappa shape index (κ2) is 6.35. The number of aromatic nitrogens is 1. The first-order valence-corrected chi connectivity index (χ1v) is 6.95. The molecular weight excluding hydrogens is 240 g/mol. The summed E-state index contributed by atoms with van der Waals surface area (Å²) in [7, 11) is 0. The van der Waals surface area contributed by atoms with Gasteiger partial charge in [-0.05, 0) is 11.0 Å². The van der Waals surface area contributed by atoms with Gasteiger partial charge in [-0.25, -0.2) is 4.98 Å². The smallest absolute Gasteiger partial charge is 0.213 e. The van der Waals surface area contributed by atoms with Gasteiger partial charge < -0.3 is 9.47 Å². The fraction of sp³-hybridized carbons (Fsp3) is 0.667. The van der Waals surface area contributed by atoms with Gasteiger partial charge in [0.25, 0.3) is 0 Å². The van der Waals surface area contributed by atoms with Crippen LogP contribution in [0.2, 0.25) is 0 Å². The van der Waals surface area contributed by atoms with Crippen LogP contribution in [0.3, 0.4) is 0 Å². The van der Waals surface area contributed by atoms with E-state index >= 15 is 0 Å². The van der Waals surface area contributed by atoms with Crippen molar-refractivity contribution in [3.05, 3.63) is 23.9 Å². The third-order valence-corrected chi connectivity index (χ3v) is 3.36. The number of hydrogen-bond acceptors (Lipinski definition) is 4. The second-order valence-electron chi connectivity index (χ2n) is 5.94. The molecule has 2 heterocycles. The Bertz CT molecular complexity index is 378. The molecule has 0 radical (unpaired) electrons. The molecule has 0 unspecified atom stereocenters.